The van der Waals surface area contributed by atoms with E-state index < -0.39 is 0 Å². The molecule has 0 radical (unpaired) electrons. The second-order valence-corrected chi connectivity index (χ2v) is 4.97. The average Bonchev–Trinajstić information content (AvgIpc) is 2.55. The zero-order valence-electron chi connectivity index (χ0n) is 12.1. The highest BCUT2D eigenvalue weighted by molar-refractivity contribution is 5.93. The maximum atomic E-state index is 4.40. The van der Waals surface area contributed by atoms with E-state index in [1.807, 2.05) is 36.5 Å². The molecule has 4 nitrogen and oxygen atoms in total. The van der Waals surface area contributed by atoms with Gasteiger partial charge in [0.15, 0.2) is 5.82 Å². The molecule has 0 spiro atoms. The molecule has 106 valence electrons. The molecule has 0 saturated heterocycles. The highest BCUT2D eigenvalue weighted by Gasteiger charge is 2.09. The van der Waals surface area contributed by atoms with Crippen LogP contribution >= 0.6 is 0 Å². The minimum Gasteiger partial charge on any atom is -0.368 e. The minimum atomic E-state index is 0.697. The maximum absolute atomic E-state index is 4.40. The van der Waals surface area contributed by atoms with E-state index in [2.05, 4.69) is 39.6 Å². The van der Waals surface area contributed by atoms with Crippen LogP contribution in [0.5, 0.6) is 0 Å². The summed E-state index contributed by atoms with van der Waals surface area (Å²) in [7, 11) is 0. The van der Waals surface area contributed by atoms with Crippen LogP contribution in [0.15, 0.2) is 48.7 Å². The van der Waals surface area contributed by atoms with E-state index in [-0.39, 0.29) is 0 Å². The van der Waals surface area contributed by atoms with Crippen molar-refractivity contribution in [1.82, 2.24) is 15.2 Å². The van der Waals surface area contributed by atoms with Gasteiger partial charge in [-0.3, -0.25) is 4.98 Å². The Hall–Kier alpha value is -2.49. The van der Waals surface area contributed by atoms with Crippen molar-refractivity contribution < 1.29 is 0 Å². The molecule has 0 aliphatic carbocycles. The summed E-state index contributed by atoms with van der Waals surface area (Å²) >= 11 is 0. The number of pyridine rings is 1. The molecule has 2 aromatic heterocycles. The molecular formula is C17H18N4. The summed E-state index contributed by atoms with van der Waals surface area (Å²) in [6.07, 6.45) is 3.57. The van der Waals surface area contributed by atoms with Gasteiger partial charge in [0.05, 0.1) is 5.69 Å². The largest absolute Gasteiger partial charge is 0.368 e. The Bertz CT molecular complexity index is 725. The number of anilines is 1. The molecule has 21 heavy (non-hydrogen) atoms. The minimum absolute atomic E-state index is 0.697. The molecule has 0 fully saturated rings. The molecule has 2 heterocycles. The van der Waals surface area contributed by atoms with Gasteiger partial charge in [0.1, 0.15) is 0 Å². The zero-order chi connectivity index (χ0) is 14.5. The van der Waals surface area contributed by atoms with Crippen LogP contribution in [-0.2, 0) is 6.42 Å². The topological polar surface area (TPSA) is 50.7 Å². The first kappa shape index (κ1) is 13.5. The van der Waals surface area contributed by atoms with Gasteiger partial charge in [0, 0.05) is 35.6 Å². The molecule has 1 N–H and O–H groups in total. The van der Waals surface area contributed by atoms with Gasteiger partial charge in [-0.15, -0.1) is 5.10 Å². The van der Waals surface area contributed by atoms with Crippen molar-refractivity contribution in [2.75, 3.05) is 11.9 Å². The third kappa shape index (κ3) is 2.99. The highest BCUT2D eigenvalue weighted by atomic mass is 15.2. The number of aromatic nitrogens is 3. The van der Waals surface area contributed by atoms with Crippen LogP contribution in [0.3, 0.4) is 0 Å². The van der Waals surface area contributed by atoms with Gasteiger partial charge < -0.3 is 5.32 Å². The van der Waals surface area contributed by atoms with Gasteiger partial charge >= 0.3 is 0 Å². The Morgan fingerprint density at radius 2 is 1.76 bits per heavy atom. The van der Waals surface area contributed by atoms with Crippen molar-refractivity contribution in [2.45, 2.75) is 19.8 Å². The SMILES string of the molecule is CCCNc1nnc(Cc2ccccn2)c2ccccc12. The van der Waals surface area contributed by atoms with E-state index in [0.717, 1.165) is 40.9 Å². The first-order chi connectivity index (χ1) is 10.4. The van der Waals surface area contributed by atoms with Crippen molar-refractivity contribution >= 4 is 16.6 Å². The Kier molecular flexibility index (Phi) is 4.05. The number of hydrogen-bond acceptors (Lipinski definition) is 4. The molecule has 3 rings (SSSR count). The highest BCUT2D eigenvalue weighted by Crippen LogP contribution is 2.24. The fourth-order valence-electron chi connectivity index (χ4n) is 2.34. The van der Waals surface area contributed by atoms with Crippen molar-refractivity contribution in [3.8, 4) is 0 Å². The summed E-state index contributed by atoms with van der Waals surface area (Å²) < 4.78 is 0. The second-order valence-electron chi connectivity index (χ2n) is 4.97. The Morgan fingerprint density at radius 3 is 2.52 bits per heavy atom. The van der Waals surface area contributed by atoms with Crippen LogP contribution < -0.4 is 5.32 Å². The van der Waals surface area contributed by atoms with Crippen LogP contribution in [0.25, 0.3) is 10.8 Å². The number of nitrogens with one attached hydrogen (secondary N) is 1. The number of hydrogen-bond donors (Lipinski definition) is 1. The lowest BCUT2D eigenvalue weighted by atomic mass is 10.1. The van der Waals surface area contributed by atoms with Gasteiger partial charge in [-0.05, 0) is 18.6 Å². The number of rotatable bonds is 5. The Morgan fingerprint density at radius 1 is 0.952 bits per heavy atom. The van der Waals surface area contributed by atoms with Gasteiger partial charge in [0.2, 0.25) is 0 Å². The zero-order valence-corrected chi connectivity index (χ0v) is 12.1. The fraction of sp³-hybridized carbons (Fsp3) is 0.235. The predicted molar refractivity (Wildman–Crippen MR) is 85.4 cm³/mol. The van der Waals surface area contributed by atoms with Crippen LogP contribution in [0.1, 0.15) is 24.7 Å². The molecule has 0 amide bonds. The Balaban J connectivity index is 2.00. The molecule has 4 heteroatoms. The van der Waals surface area contributed by atoms with Crippen LogP contribution in [0.4, 0.5) is 5.82 Å². The summed E-state index contributed by atoms with van der Waals surface area (Å²) in [5.41, 5.74) is 1.97. The van der Waals surface area contributed by atoms with E-state index in [4.69, 9.17) is 0 Å². The third-order valence-corrected chi connectivity index (χ3v) is 3.38. The molecule has 0 atom stereocenters. The summed E-state index contributed by atoms with van der Waals surface area (Å²) in [6.45, 7) is 3.04. The smallest absolute Gasteiger partial charge is 0.156 e. The summed E-state index contributed by atoms with van der Waals surface area (Å²) in [5.74, 6) is 0.859. The molecule has 0 aliphatic heterocycles. The second kappa shape index (κ2) is 6.31. The van der Waals surface area contributed by atoms with Gasteiger partial charge in [0.25, 0.3) is 0 Å². The molecule has 3 aromatic rings. The number of nitrogens with zero attached hydrogens (tertiary/aromatic N) is 3. The maximum Gasteiger partial charge on any atom is 0.156 e. The van der Waals surface area contributed by atoms with E-state index in [9.17, 15) is 0 Å². The molecule has 1 aromatic carbocycles. The summed E-state index contributed by atoms with van der Waals surface area (Å²) in [6, 6.07) is 14.2. The van der Waals surface area contributed by atoms with Crippen molar-refractivity contribution in [2.24, 2.45) is 0 Å². The molecule has 0 saturated carbocycles. The van der Waals surface area contributed by atoms with Gasteiger partial charge in [-0.25, -0.2) is 0 Å². The lowest BCUT2D eigenvalue weighted by Crippen LogP contribution is -2.06. The number of benzene rings is 1. The summed E-state index contributed by atoms with van der Waals surface area (Å²) in [5, 5.41) is 14.3. The van der Waals surface area contributed by atoms with Gasteiger partial charge in [-0.1, -0.05) is 37.3 Å². The average molecular weight is 278 g/mol. The van der Waals surface area contributed by atoms with E-state index in [1.165, 1.54) is 0 Å². The van der Waals surface area contributed by atoms with E-state index in [1.54, 1.807) is 0 Å². The fourth-order valence-corrected chi connectivity index (χ4v) is 2.34. The van der Waals surface area contributed by atoms with E-state index >= 15 is 0 Å². The predicted octanol–water partition coefficient (Wildman–Crippen LogP) is 3.44. The van der Waals surface area contributed by atoms with Crippen LogP contribution in [-0.4, -0.2) is 21.7 Å². The van der Waals surface area contributed by atoms with Crippen LogP contribution in [0, 0.1) is 0 Å². The normalized spacial score (nSPS) is 10.7. The molecular weight excluding hydrogens is 260 g/mol. The molecule has 0 bridgehead atoms. The first-order valence-electron chi connectivity index (χ1n) is 7.26. The van der Waals surface area contributed by atoms with Gasteiger partial charge in [-0.2, -0.15) is 5.10 Å². The third-order valence-electron chi connectivity index (χ3n) is 3.38. The summed E-state index contributed by atoms with van der Waals surface area (Å²) in [4.78, 5) is 4.37. The van der Waals surface area contributed by atoms with Crippen molar-refractivity contribution in [3.05, 3.63) is 60.0 Å². The quantitative estimate of drug-likeness (QED) is 0.776. The van der Waals surface area contributed by atoms with E-state index in [0.29, 0.717) is 6.42 Å². The number of fused-ring (bicyclic) bond motifs is 1. The van der Waals surface area contributed by atoms with Crippen LogP contribution in [0.2, 0.25) is 0 Å². The molecule has 0 aliphatic rings. The van der Waals surface area contributed by atoms with Crippen molar-refractivity contribution in [3.63, 3.8) is 0 Å². The standard InChI is InChI=1S/C17H18N4/c1-2-10-19-17-15-9-4-3-8-14(15)16(20-21-17)12-13-7-5-6-11-18-13/h3-9,11H,2,10,12H2,1H3,(H,19,21). The molecule has 0 unspecified atom stereocenters. The van der Waals surface area contributed by atoms with Crippen molar-refractivity contribution in [1.29, 1.82) is 0 Å². The Labute approximate surface area is 124 Å². The first-order valence-corrected chi connectivity index (χ1v) is 7.26. The lowest BCUT2D eigenvalue weighted by Gasteiger charge is -2.10. The monoisotopic (exact) mass is 278 g/mol. The lowest BCUT2D eigenvalue weighted by molar-refractivity contribution is 0.915.